The predicted molar refractivity (Wildman–Crippen MR) is 91.3 cm³/mol. The second-order valence-corrected chi connectivity index (χ2v) is 7.40. The monoisotopic (exact) mass is 325 g/mol. The second-order valence-electron chi connectivity index (χ2n) is 6.06. The van der Waals surface area contributed by atoms with Gasteiger partial charge in [0.15, 0.2) is 11.6 Å². The molecule has 1 aliphatic heterocycles. The normalized spacial score (nSPS) is 14.9. The van der Waals surface area contributed by atoms with Gasteiger partial charge in [-0.25, -0.2) is 9.97 Å². The van der Waals surface area contributed by atoms with Crippen LogP contribution in [0.5, 0.6) is 0 Å². The lowest BCUT2D eigenvalue weighted by Gasteiger charge is -2.27. The number of aryl methyl sites for hydroxylation is 2. The van der Waals surface area contributed by atoms with Crippen LogP contribution < -0.4 is 0 Å². The molecule has 118 valence electrons. The lowest BCUT2D eigenvalue weighted by atomic mass is 10.1. The van der Waals surface area contributed by atoms with Crippen LogP contribution in [0.25, 0.3) is 11.6 Å². The fourth-order valence-electron chi connectivity index (χ4n) is 2.98. The van der Waals surface area contributed by atoms with Gasteiger partial charge in [0, 0.05) is 47.6 Å². The van der Waals surface area contributed by atoms with E-state index in [-0.39, 0.29) is 0 Å². The smallest absolute Gasteiger partial charge is 0.195 e. The minimum atomic E-state index is 0.687. The van der Waals surface area contributed by atoms with Crippen molar-refractivity contribution in [2.75, 3.05) is 6.54 Å². The van der Waals surface area contributed by atoms with Crippen LogP contribution in [0.3, 0.4) is 0 Å². The minimum absolute atomic E-state index is 0.687. The van der Waals surface area contributed by atoms with Gasteiger partial charge in [0.1, 0.15) is 0 Å². The summed E-state index contributed by atoms with van der Waals surface area (Å²) in [6.07, 6.45) is 4.58. The molecule has 0 atom stereocenters. The van der Waals surface area contributed by atoms with Crippen LogP contribution in [-0.4, -0.2) is 21.4 Å². The fourth-order valence-corrected chi connectivity index (χ4v) is 4.08. The van der Waals surface area contributed by atoms with E-state index in [1.807, 2.05) is 29.7 Å². The lowest BCUT2D eigenvalue weighted by Crippen LogP contribution is -2.30. The van der Waals surface area contributed by atoms with Gasteiger partial charge in [-0.2, -0.15) is 0 Å². The Hall–Kier alpha value is -1.98. The molecule has 4 rings (SSSR count). The van der Waals surface area contributed by atoms with Gasteiger partial charge in [-0.15, -0.1) is 11.3 Å². The van der Waals surface area contributed by atoms with Gasteiger partial charge in [-0.05, 0) is 37.6 Å². The zero-order valence-corrected chi connectivity index (χ0v) is 14.2. The van der Waals surface area contributed by atoms with E-state index in [1.165, 1.54) is 20.9 Å². The zero-order chi connectivity index (χ0) is 15.8. The first-order chi connectivity index (χ1) is 11.2. The van der Waals surface area contributed by atoms with E-state index < -0.39 is 0 Å². The average molecular weight is 325 g/mol. The Labute approximate surface area is 139 Å². The Kier molecular flexibility index (Phi) is 3.75. The molecule has 5 heteroatoms. The van der Waals surface area contributed by atoms with Crippen molar-refractivity contribution in [3.8, 4) is 11.6 Å². The number of thiophene rings is 1. The van der Waals surface area contributed by atoms with E-state index in [2.05, 4.69) is 34.8 Å². The maximum atomic E-state index is 5.39. The molecule has 23 heavy (non-hydrogen) atoms. The standard InChI is InChI=1S/C18H19N3OS/c1-12-8-15(23-13(12)2)11-21-6-5-16-14(10-21)9-19-18(20-16)17-4-3-7-22-17/h3-4,7-9H,5-6,10-11H2,1-2H3. The largest absolute Gasteiger partial charge is 0.461 e. The highest BCUT2D eigenvalue weighted by Gasteiger charge is 2.20. The first kappa shape index (κ1) is 14.6. The molecule has 0 saturated heterocycles. The summed E-state index contributed by atoms with van der Waals surface area (Å²) >= 11 is 1.90. The van der Waals surface area contributed by atoms with E-state index in [1.54, 1.807) is 6.26 Å². The lowest BCUT2D eigenvalue weighted by molar-refractivity contribution is 0.245. The maximum absolute atomic E-state index is 5.39. The topological polar surface area (TPSA) is 42.2 Å². The molecule has 0 N–H and O–H groups in total. The fraction of sp³-hybridized carbons (Fsp3) is 0.333. The van der Waals surface area contributed by atoms with Gasteiger partial charge in [-0.3, -0.25) is 4.90 Å². The molecule has 1 aliphatic rings. The van der Waals surface area contributed by atoms with Gasteiger partial charge in [0.05, 0.1) is 12.0 Å². The SMILES string of the molecule is Cc1cc(CN2CCc3nc(-c4ccco4)ncc3C2)sc1C. The zero-order valence-electron chi connectivity index (χ0n) is 13.4. The number of hydrogen-bond donors (Lipinski definition) is 0. The number of hydrogen-bond acceptors (Lipinski definition) is 5. The molecule has 0 bridgehead atoms. The number of nitrogens with zero attached hydrogens (tertiary/aromatic N) is 3. The van der Waals surface area contributed by atoms with Gasteiger partial charge < -0.3 is 4.42 Å². The summed E-state index contributed by atoms with van der Waals surface area (Å²) in [6.45, 7) is 7.35. The van der Waals surface area contributed by atoms with Crippen molar-refractivity contribution in [1.82, 2.24) is 14.9 Å². The number of fused-ring (bicyclic) bond motifs is 1. The quantitative estimate of drug-likeness (QED) is 0.730. The van der Waals surface area contributed by atoms with Crippen LogP contribution in [0.2, 0.25) is 0 Å². The van der Waals surface area contributed by atoms with Crippen LogP contribution in [0.4, 0.5) is 0 Å². The van der Waals surface area contributed by atoms with E-state index in [4.69, 9.17) is 4.42 Å². The van der Waals surface area contributed by atoms with E-state index in [9.17, 15) is 0 Å². The van der Waals surface area contributed by atoms with Gasteiger partial charge in [-0.1, -0.05) is 0 Å². The van der Waals surface area contributed by atoms with Crippen molar-refractivity contribution in [3.63, 3.8) is 0 Å². The Morgan fingerprint density at radius 2 is 2.26 bits per heavy atom. The second kappa shape index (κ2) is 5.91. The predicted octanol–water partition coefficient (Wildman–Crippen LogP) is 3.97. The van der Waals surface area contributed by atoms with Gasteiger partial charge >= 0.3 is 0 Å². The molecule has 0 amide bonds. The molecule has 0 saturated carbocycles. The summed E-state index contributed by atoms with van der Waals surface area (Å²) in [5.74, 6) is 1.42. The van der Waals surface area contributed by atoms with Crippen molar-refractivity contribution in [1.29, 1.82) is 0 Å². The molecule has 0 fully saturated rings. The average Bonchev–Trinajstić information content (AvgIpc) is 3.18. The van der Waals surface area contributed by atoms with Crippen LogP contribution in [0.1, 0.15) is 26.6 Å². The highest BCUT2D eigenvalue weighted by atomic mass is 32.1. The summed E-state index contributed by atoms with van der Waals surface area (Å²) in [6, 6.07) is 6.08. The first-order valence-corrected chi connectivity index (χ1v) is 8.67. The third-order valence-electron chi connectivity index (χ3n) is 4.35. The number of furan rings is 1. The molecule has 0 radical (unpaired) electrons. The Bertz CT molecular complexity index is 803. The molecule has 4 nitrogen and oxygen atoms in total. The van der Waals surface area contributed by atoms with Gasteiger partial charge in [0.25, 0.3) is 0 Å². The third-order valence-corrected chi connectivity index (χ3v) is 5.49. The number of aromatic nitrogens is 2. The van der Waals surface area contributed by atoms with Crippen LogP contribution >= 0.6 is 11.3 Å². The highest BCUT2D eigenvalue weighted by Crippen LogP contribution is 2.25. The minimum Gasteiger partial charge on any atom is -0.461 e. The molecular formula is C18H19N3OS. The van der Waals surface area contributed by atoms with Crippen LogP contribution in [0.15, 0.2) is 35.1 Å². The van der Waals surface area contributed by atoms with Crippen molar-refractivity contribution in [2.24, 2.45) is 0 Å². The molecule has 0 spiro atoms. The van der Waals surface area contributed by atoms with E-state index in [0.717, 1.165) is 37.5 Å². The van der Waals surface area contributed by atoms with Gasteiger partial charge in [0.2, 0.25) is 0 Å². The van der Waals surface area contributed by atoms with Crippen molar-refractivity contribution in [2.45, 2.75) is 33.4 Å². The Morgan fingerprint density at radius 1 is 1.35 bits per heavy atom. The van der Waals surface area contributed by atoms with Crippen molar-refractivity contribution in [3.05, 3.63) is 57.2 Å². The Balaban J connectivity index is 1.51. The molecule has 0 aromatic carbocycles. The van der Waals surface area contributed by atoms with E-state index >= 15 is 0 Å². The molecule has 3 aromatic rings. The summed E-state index contributed by atoms with van der Waals surface area (Å²) in [5, 5.41) is 0. The summed E-state index contributed by atoms with van der Waals surface area (Å²) in [7, 11) is 0. The maximum Gasteiger partial charge on any atom is 0.195 e. The molecule has 4 heterocycles. The van der Waals surface area contributed by atoms with Crippen molar-refractivity contribution >= 4 is 11.3 Å². The van der Waals surface area contributed by atoms with E-state index in [0.29, 0.717) is 5.82 Å². The van der Waals surface area contributed by atoms with Crippen LogP contribution in [-0.2, 0) is 19.5 Å². The molecule has 3 aromatic heterocycles. The molecule has 0 unspecified atom stereocenters. The van der Waals surface area contributed by atoms with Crippen molar-refractivity contribution < 1.29 is 4.42 Å². The number of rotatable bonds is 3. The molecule has 0 aliphatic carbocycles. The summed E-state index contributed by atoms with van der Waals surface area (Å²) in [4.78, 5) is 14.5. The van der Waals surface area contributed by atoms with Crippen LogP contribution in [0, 0.1) is 13.8 Å². The highest BCUT2D eigenvalue weighted by molar-refractivity contribution is 7.12. The molecular weight excluding hydrogens is 306 g/mol. The third kappa shape index (κ3) is 2.94. The first-order valence-electron chi connectivity index (χ1n) is 7.86. The summed E-state index contributed by atoms with van der Waals surface area (Å²) in [5.41, 5.74) is 3.78. The summed E-state index contributed by atoms with van der Waals surface area (Å²) < 4.78 is 5.39. The Morgan fingerprint density at radius 3 is 3.00 bits per heavy atom.